The lowest BCUT2D eigenvalue weighted by molar-refractivity contribution is -0.123. The molecule has 0 aliphatic carbocycles. The van der Waals surface area contributed by atoms with E-state index in [4.69, 9.17) is 0 Å². The van der Waals surface area contributed by atoms with Crippen LogP contribution in [0.15, 0.2) is 102 Å². The first-order valence-electron chi connectivity index (χ1n) is 14.3. The third-order valence-electron chi connectivity index (χ3n) is 7.01. The number of nitrogens with zero attached hydrogens (tertiary/aromatic N) is 4. The molecule has 0 radical (unpaired) electrons. The third kappa shape index (κ3) is 7.66. The largest absolute Gasteiger partial charge is 0.350 e. The smallest absolute Gasteiger partial charge is 0.271 e. The standard InChI is InChI=1S/C33H29N7O3S2/c41-30(35-20-27-25-10-2-1-7-22(25)12-13-34-27)18-26(29-11-6-16-44-29)38-31(42)17-23-8-5-9-24(37-23)19-36-32(43)28-21-45-33(39-28)40-14-3-4-15-40/h1-16,21,26H,17-20H2,(H,35,41)(H,36,43)(H,38,42). The molecule has 0 bridgehead atoms. The Morgan fingerprint density at radius 2 is 1.64 bits per heavy atom. The van der Waals surface area contributed by atoms with Crippen LogP contribution in [0.4, 0.5) is 0 Å². The van der Waals surface area contributed by atoms with Crippen LogP contribution in [0.1, 0.15) is 44.9 Å². The fourth-order valence-corrected chi connectivity index (χ4v) is 6.37. The summed E-state index contributed by atoms with van der Waals surface area (Å²) in [4.78, 5) is 53.1. The van der Waals surface area contributed by atoms with Crippen LogP contribution in [-0.2, 0) is 29.1 Å². The molecule has 45 heavy (non-hydrogen) atoms. The number of amides is 3. The molecule has 0 saturated carbocycles. The molecule has 6 rings (SSSR count). The lowest BCUT2D eigenvalue weighted by atomic mass is 10.1. The molecule has 1 atom stereocenters. The molecule has 0 spiro atoms. The predicted octanol–water partition coefficient (Wildman–Crippen LogP) is 4.98. The summed E-state index contributed by atoms with van der Waals surface area (Å²) in [6.07, 6.45) is 5.58. The monoisotopic (exact) mass is 635 g/mol. The van der Waals surface area contributed by atoms with Crippen molar-refractivity contribution in [1.82, 2.24) is 35.5 Å². The molecule has 10 nitrogen and oxygen atoms in total. The van der Waals surface area contributed by atoms with Crippen molar-refractivity contribution in [3.63, 3.8) is 0 Å². The molecule has 12 heteroatoms. The van der Waals surface area contributed by atoms with Crippen LogP contribution in [-0.4, -0.2) is 37.2 Å². The molecule has 5 heterocycles. The van der Waals surface area contributed by atoms with E-state index in [9.17, 15) is 14.4 Å². The van der Waals surface area contributed by atoms with E-state index in [2.05, 4.69) is 30.9 Å². The normalized spacial score (nSPS) is 11.6. The first kappa shape index (κ1) is 29.9. The second-order valence-corrected chi connectivity index (χ2v) is 12.0. The van der Waals surface area contributed by atoms with E-state index in [0.717, 1.165) is 21.3 Å². The SMILES string of the molecule is O=C(CC(NC(=O)Cc1cccc(CNC(=O)c2csc(-n3cccc3)n2)n1)c1cccs1)NCc1nccc2ccccc12. The highest BCUT2D eigenvalue weighted by molar-refractivity contribution is 7.12. The van der Waals surface area contributed by atoms with Crippen molar-refractivity contribution in [2.45, 2.75) is 32.0 Å². The quantitative estimate of drug-likeness (QED) is 0.174. The maximum absolute atomic E-state index is 13.1. The number of nitrogens with one attached hydrogen (secondary N) is 3. The second-order valence-electron chi connectivity index (χ2n) is 10.2. The summed E-state index contributed by atoms with van der Waals surface area (Å²) in [5.74, 6) is -0.756. The Bertz CT molecular complexity index is 1910. The van der Waals surface area contributed by atoms with Gasteiger partial charge < -0.3 is 20.5 Å². The van der Waals surface area contributed by atoms with Gasteiger partial charge in [0.2, 0.25) is 11.8 Å². The minimum atomic E-state index is -0.491. The number of thiophene rings is 1. The van der Waals surface area contributed by atoms with Crippen LogP contribution in [0.2, 0.25) is 0 Å². The third-order valence-corrected chi connectivity index (χ3v) is 8.85. The number of rotatable bonds is 12. The topological polar surface area (TPSA) is 131 Å². The number of aromatic nitrogens is 4. The lowest BCUT2D eigenvalue weighted by Crippen LogP contribution is -2.34. The minimum absolute atomic E-state index is 0.0253. The Kier molecular flexibility index (Phi) is 9.33. The molecule has 5 aromatic heterocycles. The Hall–Kier alpha value is -5.20. The molecule has 0 saturated heterocycles. The van der Waals surface area contributed by atoms with Crippen LogP contribution in [0.5, 0.6) is 0 Å². The summed E-state index contributed by atoms with van der Waals surface area (Å²) in [6, 6.07) is 22.3. The number of hydrogen-bond acceptors (Lipinski definition) is 8. The van der Waals surface area contributed by atoms with Gasteiger partial charge in [-0.05, 0) is 47.2 Å². The Morgan fingerprint density at radius 1 is 0.800 bits per heavy atom. The lowest BCUT2D eigenvalue weighted by Gasteiger charge is -2.18. The highest BCUT2D eigenvalue weighted by atomic mass is 32.1. The van der Waals surface area contributed by atoms with E-state index in [-0.39, 0.29) is 43.7 Å². The number of fused-ring (bicyclic) bond motifs is 1. The highest BCUT2D eigenvalue weighted by Gasteiger charge is 2.20. The molecule has 226 valence electrons. The molecule has 0 fully saturated rings. The molecule has 1 aromatic carbocycles. The van der Waals surface area contributed by atoms with E-state index in [0.29, 0.717) is 22.2 Å². The van der Waals surface area contributed by atoms with Gasteiger partial charge in [-0.15, -0.1) is 22.7 Å². The van der Waals surface area contributed by atoms with Gasteiger partial charge in [-0.2, -0.15) is 0 Å². The van der Waals surface area contributed by atoms with Gasteiger partial charge in [0.25, 0.3) is 5.91 Å². The first-order valence-corrected chi connectivity index (χ1v) is 16.0. The summed E-state index contributed by atoms with van der Waals surface area (Å²) in [6.45, 7) is 0.476. The van der Waals surface area contributed by atoms with E-state index in [1.165, 1.54) is 22.7 Å². The van der Waals surface area contributed by atoms with Crippen molar-refractivity contribution in [3.05, 3.63) is 130 Å². The number of hydrogen-bond donors (Lipinski definition) is 3. The zero-order chi connectivity index (χ0) is 31.0. The van der Waals surface area contributed by atoms with Gasteiger partial charge in [-0.3, -0.25) is 24.4 Å². The molecule has 6 aromatic rings. The van der Waals surface area contributed by atoms with E-state index in [1.807, 2.05) is 76.9 Å². The zero-order valence-corrected chi connectivity index (χ0v) is 25.7. The number of pyridine rings is 2. The van der Waals surface area contributed by atoms with E-state index < -0.39 is 6.04 Å². The van der Waals surface area contributed by atoms with Crippen molar-refractivity contribution in [1.29, 1.82) is 0 Å². The second kappa shape index (κ2) is 14.1. The average molecular weight is 636 g/mol. The zero-order valence-electron chi connectivity index (χ0n) is 24.1. The maximum atomic E-state index is 13.1. The van der Waals surface area contributed by atoms with E-state index >= 15 is 0 Å². The van der Waals surface area contributed by atoms with Crippen molar-refractivity contribution in [3.8, 4) is 5.13 Å². The van der Waals surface area contributed by atoms with Crippen LogP contribution in [0.25, 0.3) is 15.9 Å². The van der Waals surface area contributed by atoms with E-state index in [1.54, 1.807) is 29.8 Å². The molecule has 3 amide bonds. The molecular formula is C33H29N7O3S2. The summed E-state index contributed by atoms with van der Waals surface area (Å²) in [5.41, 5.74) is 2.29. The van der Waals surface area contributed by atoms with Gasteiger partial charge in [0, 0.05) is 34.2 Å². The summed E-state index contributed by atoms with van der Waals surface area (Å²) in [5, 5.41) is 15.2. The number of carbonyl (C=O) groups is 3. The summed E-state index contributed by atoms with van der Waals surface area (Å²) in [7, 11) is 0. The van der Waals surface area contributed by atoms with Crippen LogP contribution >= 0.6 is 22.7 Å². The number of carbonyl (C=O) groups excluding carboxylic acids is 3. The molecular weight excluding hydrogens is 607 g/mol. The Balaban J connectivity index is 1.03. The van der Waals surface area contributed by atoms with Gasteiger partial charge in [0.1, 0.15) is 5.69 Å². The predicted molar refractivity (Wildman–Crippen MR) is 174 cm³/mol. The molecule has 0 aliphatic heterocycles. The number of benzene rings is 1. The van der Waals surface area contributed by atoms with Gasteiger partial charge in [0.05, 0.1) is 49.1 Å². The molecule has 0 aliphatic rings. The van der Waals surface area contributed by atoms with Gasteiger partial charge >= 0.3 is 0 Å². The highest BCUT2D eigenvalue weighted by Crippen LogP contribution is 2.23. The minimum Gasteiger partial charge on any atom is -0.350 e. The first-order chi connectivity index (χ1) is 22.0. The fraction of sp³-hybridized carbons (Fsp3) is 0.152. The van der Waals surface area contributed by atoms with Crippen molar-refractivity contribution < 1.29 is 14.4 Å². The summed E-state index contributed by atoms with van der Waals surface area (Å²) >= 11 is 2.86. The van der Waals surface area contributed by atoms with Crippen LogP contribution in [0.3, 0.4) is 0 Å². The van der Waals surface area contributed by atoms with Gasteiger partial charge in [-0.1, -0.05) is 36.4 Å². The molecule has 1 unspecified atom stereocenters. The average Bonchev–Trinajstić information content (AvgIpc) is 3.86. The fourth-order valence-electron chi connectivity index (χ4n) is 4.82. The van der Waals surface area contributed by atoms with Crippen molar-refractivity contribution in [2.24, 2.45) is 0 Å². The molecule has 3 N–H and O–H groups in total. The van der Waals surface area contributed by atoms with Crippen molar-refractivity contribution >= 4 is 51.2 Å². The Morgan fingerprint density at radius 3 is 2.49 bits per heavy atom. The van der Waals surface area contributed by atoms with Crippen LogP contribution in [0, 0.1) is 0 Å². The van der Waals surface area contributed by atoms with Crippen molar-refractivity contribution in [2.75, 3.05) is 0 Å². The van der Waals surface area contributed by atoms with Crippen LogP contribution < -0.4 is 16.0 Å². The maximum Gasteiger partial charge on any atom is 0.271 e. The van der Waals surface area contributed by atoms with Gasteiger partial charge in [0.15, 0.2) is 5.13 Å². The number of thiazole rings is 1. The van der Waals surface area contributed by atoms with Gasteiger partial charge in [-0.25, -0.2) is 4.98 Å². The summed E-state index contributed by atoms with van der Waals surface area (Å²) < 4.78 is 1.84. The Labute approximate surface area is 267 Å².